The van der Waals surface area contributed by atoms with Gasteiger partial charge >= 0.3 is 6.18 Å². The molecule has 6 nitrogen and oxygen atoms in total. The van der Waals surface area contributed by atoms with Crippen molar-refractivity contribution in [2.45, 2.75) is 44.4 Å². The lowest BCUT2D eigenvalue weighted by Gasteiger charge is -2.27. The molecule has 1 aliphatic carbocycles. The van der Waals surface area contributed by atoms with E-state index in [-0.39, 0.29) is 11.1 Å². The molecule has 32 heavy (non-hydrogen) atoms. The molecule has 5 rings (SSSR count). The van der Waals surface area contributed by atoms with Crippen LogP contribution in [-0.2, 0) is 12.7 Å². The molecule has 0 radical (unpaired) electrons. The van der Waals surface area contributed by atoms with Gasteiger partial charge in [0.25, 0.3) is 11.5 Å². The maximum absolute atomic E-state index is 13.3. The third-order valence-electron chi connectivity index (χ3n) is 6.14. The number of para-hydroxylation sites is 1. The number of nitrogens with zero attached hydrogens (tertiary/aromatic N) is 4. The van der Waals surface area contributed by atoms with E-state index >= 15 is 0 Å². The number of aromatic nitrogens is 3. The molecule has 166 valence electrons. The van der Waals surface area contributed by atoms with Crippen molar-refractivity contribution < 1.29 is 18.0 Å². The minimum Gasteiger partial charge on any atom is -0.328 e. The topological polar surface area (TPSA) is 68.1 Å². The second kappa shape index (κ2) is 7.72. The first kappa shape index (κ1) is 20.7. The Labute approximate surface area is 181 Å². The van der Waals surface area contributed by atoms with Gasteiger partial charge in [0.05, 0.1) is 22.5 Å². The highest BCUT2D eigenvalue weighted by Crippen LogP contribution is 2.35. The molecule has 1 saturated heterocycles. The zero-order valence-electron chi connectivity index (χ0n) is 17.2. The number of fused-ring (bicyclic) bond motifs is 1. The maximum Gasteiger partial charge on any atom is 0.433 e. The number of carbonyl (C=O) groups excluding carboxylic acids is 1. The van der Waals surface area contributed by atoms with Crippen LogP contribution < -0.4 is 5.56 Å². The summed E-state index contributed by atoms with van der Waals surface area (Å²) in [6.07, 6.45) is -0.129. The Kier molecular flexibility index (Phi) is 4.98. The second-order valence-corrected chi connectivity index (χ2v) is 8.43. The van der Waals surface area contributed by atoms with Gasteiger partial charge in [0.1, 0.15) is 11.5 Å². The largest absolute Gasteiger partial charge is 0.433 e. The minimum absolute atomic E-state index is 0.0850. The summed E-state index contributed by atoms with van der Waals surface area (Å²) in [5.41, 5.74) is -0.494. The van der Waals surface area contributed by atoms with Crippen molar-refractivity contribution in [2.24, 2.45) is 5.92 Å². The van der Waals surface area contributed by atoms with Gasteiger partial charge in [0.15, 0.2) is 0 Å². The Balaban J connectivity index is 1.52. The monoisotopic (exact) mass is 442 g/mol. The van der Waals surface area contributed by atoms with E-state index in [9.17, 15) is 22.8 Å². The fourth-order valence-electron chi connectivity index (χ4n) is 4.31. The van der Waals surface area contributed by atoms with Gasteiger partial charge in [-0.05, 0) is 55.9 Å². The Morgan fingerprint density at radius 1 is 1.09 bits per heavy atom. The lowest BCUT2D eigenvalue weighted by atomic mass is 10.1. The number of rotatable bonds is 4. The zero-order chi connectivity index (χ0) is 22.5. The first-order valence-corrected chi connectivity index (χ1v) is 10.7. The smallest absolute Gasteiger partial charge is 0.328 e. The zero-order valence-corrected chi connectivity index (χ0v) is 17.2. The lowest BCUT2D eigenvalue weighted by Crippen LogP contribution is -2.36. The van der Waals surface area contributed by atoms with E-state index in [1.165, 1.54) is 0 Å². The summed E-state index contributed by atoms with van der Waals surface area (Å²) in [6.45, 7) is 1.00. The van der Waals surface area contributed by atoms with E-state index in [1.807, 2.05) is 6.07 Å². The summed E-state index contributed by atoms with van der Waals surface area (Å²) in [6, 6.07) is 8.70. The molecule has 2 aliphatic rings. The normalized spacial score (nSPS) is 19.0. The van der Waals surface area contributed by atoms with Crippen LogP contribution in [0.5, 0.6) is 0 Å². The predicted molar refractivity (Wildman–Crippen MR) is 111 cm³/mol. The van der Waals surface area contributed by atoms with Crippen molar-refractivity contribution in [3.8, 4) is 0 Å². The number of hydrogen-bond donors (Lipinski definition) is 0. The third-order valence-corrected chi connectivity index (χ3v) is 6.14. The van der Waals surface area contributed by atoms with Gasteiger partial charge in [0, 0.05) is 19.3 Å². The molecule has 1 atom stereocenters. The van der Waals surface area contributed by atoms with Crippen molar-refractivity contribution in [1.82, 2.24) is 19.4 Å². The summed E-state index contributed by atoms with van der Waals surface area (Å²) >= 11 is 0. The highest BCUT2D eigenvalue weighted by molar-refractivity contribution is 5.94. The van der Waals surface area contributed by atoms with Crippen LogP contribution in [-0.4, -0.2) is 31.9 Å². The van der Waals surface area contributed by atoms with Crippen LogP contribution in [0, 0.1) is 5.92 Å². The molecule has 0 spiro atoms. The van der Waals surface area contributed by atoms with E-state index in [2.05, 4.69) is 4.98 Å². The quantitative estimate of drug-likeness (QED) is 0.608. The fraction of sp³-hybridized carbons (Fsp3) is 0.391. The van der Waals surface area contributed by atoms with E-state index in [4.69, 9.17) is 4.98 Å². The van der Waals surface area contributed by atoms with Crippen LogP contribution in [0.2, 0.25) is 0 Å². The Morgan fingerprint density at radius 3 is 2.56 bits per heavy atom. The van der Waals surface area contributed by atoms with Gasteiger partial charge in [-0.25, -0.2) is 4.98 Å². The minimum atomic E-state index is -4.56. The van der Waals surface area contributed by atoms with Crippen LogP contribution in [0.1, 0.15) is 53.6 Å². The van der Waals surface area contributed by atoms with Crippen LogP contribution in [0.4, 0.5) is 13.2 Å². The molecule has 0 N–H and O–H groups in total. The molecule has 2 aromatic heterocycles. The number of alkyl halides is 3. The van der Waals surface area contributed by atoms with Gasteiger partial charge in [-0.2, -0.15) is 13.2 Å². The fourth-order valence-corrected chi connectivity index (χ4v) is 4.31. The highest BCUT2D eigenvalue weighted by atomic mass is 19.4. The van der Waals surface area contributed by atoms with E-state index < -0.39 is 23.8 Å². The number of halogens is 3. The molecule has 1 amide bonds. The molecule has 1 unspecified atom stereocenters. The van der Waals surface area contributed by atoms with Crippen molar-refractivity contribution in [3.63, 3.8) is 0 Å². The number of benzene rings is 1. The lowest BCUT2D eigenvalue weighted by molar-refractivity contribution is -0.141. The number of amides is 1. The molecular formula is C23H21F3N4O2. The summed E-state index contributed by atoms with van der Waals surface area (Å²) in [4.78, 5) is 36.2. The molecule has 1 aromatic carbocycles. The number of hydrogen-bond acceptors (Lipinski definition) is 4. The van der Waals surface area contributed by atoms with Gasteiger partial charge in [-0.3, -0.25) is 19.1 Å². The van der Waals surface area contributed by atoms with E-state index in [0.717, 1.165) is 37.6 Å². The molecule has 3 aromatic rings. The van der Waals surface area contributed by atoms with Crippen molar-refractivity contribution >= 4 is 16.8 Å². The maximum atomic E-state index is 13.3. The summed E-state index contributed by atoms with van der Waals surface area (Å²) in [5.74, 6) is 0.569. The van der Waals surface area contributed by atoms with Gasteiger partial charge < -0.3 is 4.90 Å². The molecule has 1 saturated carbocycles. The van der Waals surface area contributed by atoms with Gasteiger partial charge in [-0.15, -0.1) is 0 Å². The van der Waals surface area contributed by atoms with Crippen molar-refractivity contribution in [2.75, 3.05) is 6.54 Å². The number of likely N-dealkylation sites (tertiary alicyclic amines) is 1. The average molecular weight is 442 g/mol. The molecule has 0 bridgehead atoms. The van der Waals surface area contributed by atoms with Crippen LogP contribution >= 0.6 is 0 Å². The molecule has 3 heterocycles. The second-order valence-electron chi connectivity index (χ2n) is 8.43. The Morgan fingerprint density at radius 2 is 1.88 bits per heavy atom. The standard InChI is InChI=1S/C23H21F3N4O2/c24-23(25,26)19-10-9-15(12-27-19)21(31)29-11-3-6-18(29)20-28-17-5-2-1-4-16(17)22(32)30(20)13-14-7-8-14/h1-2,4-5,9-10,12,14,18H,3,6-8,11,13H2. The summed E-state index contributed by atoms with van der Waals surface area (Å²) in [5, 5.41) is 0.541. The predicted octanol–water partition coefficient (Wildman–Crippen LogP) is 4.20. The first-order valence-electron chi connectivity index (χ1n) is 10.7. The van der Waals surface area contributed by atoms with Crippen molar-refractivity contribution in [1.29, 1.82) is 0 Å². The summed E-state index contributed by atoms with van der Waals surface area (Å²) in [7, 11) is 0. The van der Waals surface area contributed by atoms with E-state index in [0.29, 0.717) is 42.2 Å². The molecular weight excluding hydrogens is 421 g/mol. The van der Waals surface area contributed by atoms with Gasteiger partial charge in [0.2, 0.25) is 0 Å². The van der Waals surface area contributed by atoms with Crippen LogP contribution in [0.3, 0.4) is 0 Å². The van der Waals surface area contributed by atoms with Gasteiger partial charge in [-0.1, -0.05) is 12.1 Å². The highest BCUT2D eigenvalue weighted by Gasteiger charge is 2.36. The van der Waals surface area contributed by atoms with Crippen LogP contribution in [0.25, 0.3) is 10.9 Å². The molecule has 9 heteroatoms. The molecule has 1 aliphatic heterocycles. The number of pyridine rings is 1. The number of carbonyl (C=O) groups is 1. The first-order chi connectivity index (χ1) is 15.3. The van der Waals surface area contributed by atoms with Crippen LogP contribution in [0.15, 0.2) is 47.4 Å². The average Bonchev–Trinajstić information content (AvgIpc) is 3.47. The molecule has 2 fully saturated rings. The summed E-state index contributed by atoms with van der Waals surface area (Å²) < 4.78 is 40.2. The van der Waals surface area contributed by atoms with Crippen molar-refractivity contribution in [3.05, 3.63) is 70.0 Å². The Bertz CT molecular complexity index is 1230. The SMILES string of the molecule is O=C(c1ccc(C(F)(F)F)nc1)N1CCCC1c1nc2ccccc2c(=O)n1CC1CC1. The third kappa shape index (κ3) is 3.76. The Hall–Kier alpha value is -3.23. The van der Waals surface area contributed by atoms with E-state index in [1.54, 1.807) is 27.7 Å².